The van der Waals surface area contributed by atoms with Crippen molar-refractivity contribution in [1.29, 1.82) is 0 Å². The van der Waals surface area contributed by atoms with Gasteiger partial charge < -0.3 is 5.32 Å². The molecule has 1 aromatic carbocycles. The Kier molecular flexibility index (Phi) is 6.83. The van der Waals surface area contributed by atoms with E-state index in [9.17, 15) is 4.79 Å². The Bertz CT molecular complexity index is 716. The molecule has 130 valence electrons. The van der Waals surface area contributed by atoms with Crippen molar-refractivity contribution in [3.63, 3.8) is 0 Å². The summed E-state index contributed by atoms with van der Waals surface area (Å²) in [5.41, 5.74) is 0.850. The van der Waals surface area contributed by atoms with E-state index in [0.29, 0.717) is 26.4 Å². The fourth-order valence-electron chi connectivity index (χ4n) is 2.17. The lowest BCUT2D eigenvalue weighted by atomic mass is 10.1. The molecule has 0 bridgehead atoms. The Balaban J connectivity index is 2.17. The van der Waals surface area contributed by atoms with E-state index in [1.54, 1.807) is 18.2 Å². The van der Waals surface area contributed by atoms with Gasteiger partial charge in [-0.25, -0.2) is 0 Å². The van der Waals surface area contributed by atoms with Crippen molar-refractivity contribution in [2.75, 3.05) is 11.6 Å². The number of carbonyl (C=O) groups is 1. The first kappa shape index (κ1) is 19.4. The average molecular weight is 480 g/mol. The summed E-state index contributed by atoms with van der Waals surface area (Å²) in [7, 11) is 0. The molecule has 0 fully saturated rings. The summed E-state index contributed by atoms with van der Waals surface area (Å²) >= 11 is 11.7. The van der Waals surface area contributed by atoms with Crippen LogP contribution in [0.5, 0.6) is 0 Å². The highest BCUT2D eigenvalue weighted by Crippen LogP contribution is 2.29. The lowest BCUT2D eigenvalue weighted by molar-refractivity contribution is -0.113. The van der Waals surface area contributed by atoms with Crippen LogP contribution >= 0.6 is 43.9 Å². The van der Waals surface area contributed by atoms with Crippen LogP contribution in [0.3, 0.4) is 0 Å². The van der Waals surface area contributed by atoms with Crippen LogP contribution in [-0.2, 0) is 4.79 Å². The van der Waals surface area contributed by atoms with Crippen LogP contribution in [0.2, 0.25) is 10.0 Å². The number of hydrazone groups is 1. The highest BCUT2D eigenvalue weighted by atomic mass is 127. The number of rotatable bonds is 4. The summed E-state index contributed by atoms with van der Waals surface area (Å²) < 4.78 is 1.28. The zero-order valence-electron chi connectivity index (χ0n) is 13.8. The minimum Gasteiger partial charge on any atom is -0.308 e. The van der Waals surface area contributed by atoms with Crippen molar-refractivity contribution in [3.8, 4) is 0 Å². The molecule has 1 atom stereocenters. The number of hydrogen-bond acceptors (Lipinski definition) is 3. The van der Waals surface area contributed by atoms with Crippen LogP contribution in [0.25, 0.3) is 0 Å². The Morgan fingerprint density at radius 2 is 2.17 bits per heavy atom. The van der Waals surface area contributed by atoms with E-state index >= 15 is 0 Å². The third-order valence-corrected chi connectivity index (χ3v) is 6.90. The van der Waals surface area contributed by atoms with Gasteiger partial charge in [0.25, 0.3) is 5.91 Å². The Labute approximate surface area is 162 Å². The first-order valence-corrected chi connectivity index (χ1v) is 10.6. The van der Waals surface area contributed by atoms with Crippen LogP contribution in [-0.4, -0.2) is 25.7 Å². The smallest absolute Gasteiger partial charge is 0.262 e. The Hall–Kier alpha value is -0.920. The Morgan fingerprint density at radius 3 is 2.75 bits per heavy atom. The van der Waals surface area contributed by atoms with Gasteiger partial charge in [0.2, 0.25) is 0 Å². The molecular formula is C17H20Cl2IN3O. The summed E-state index contributed by atoms with van der Waals surface area (Å²) in [6, 6.07) is 5.38. The van der Waals surface area contributed by atoms with E-state index in [2.05, 4.69) is 30.8 Å². The standard InChI is InChI=1S/C17H20Cl2IN3O/c1-5-15(20-10(2)3)17(24)21-16-11(4)9-23(22-16)12-6-7-13(18)14(19)8-12/h5-8,10-11H,1,9H2,2-4H3,(H,21,22,24)/t11-/m0/s1. The molecule has 4 nitrogen and oxygen atoms in total. The number of amides is 1. The van der Waals surface area contributed by atoms with E-state index in [4.69, 9.17) is 23.2 Å². The molecule has 24 heavy (non-hydrogen) atoms. The second-order valence-electron chi connectivity index (χ2n) is 5.70. The van der Waals surface area contributed by atoms with Crippen molar-refractivity contribution in [3.05, 3.63) is 40.9 Å². The van der Waals surface area contributed by atoms with Crippen molar-refractivity contribution in [1.82, 2.24) is 5.32 Å². The largest absolute Gasteiger partial charge is 0.308 e. The zero-order chi connectivity index (χ0) is 17.9. The SMILES string of the molecule is C=CC(=IC(C)C)C(=O)NC1=NN(c2ccc(Cl)c(Cl)c2)C[C@@H]1C. The molecule has 1 heterocycles. The third kappa shape index (κ3) is 4.80. The predicted octanol–water partition coefficient (Wildman–Crippen LogP) is 4.62. The molecule has 7 heteroatoms. The first-order valence-electron chi connectivity index (χ1n) is 7.57. The lowest BCUT2D eigenvalue weighted by Gasteiger charge is -2.14. The number of benzene rings is 1. The molecule has 1 N–H and O–H groups in total. The molecule has 0 radical (unpaired) electrons. The molecule has 1 aliphatic rings. The number of nitrogens with zero attached hydrogens (tertiary/aromatic N) is 2. The minimum atomic E-state index is -0.356. The molecular weight excluding hydrogens is 460 g/mol. The maximum Gasteiger partial charge on any atom is 0.262 e. The summed E-state index contributed by atoms with van der Waals surface area (Å²) in [5, 5.41) is 10.3. The van der Waals surface area contributed by atoms with E-state index in [1.165, 1.54) is 0 Å². The van der Waals surface area contributed by atoms with Gasteiger partial charge in [-0.3, -0.25) is 9.80 Å². The highest BCUT2D eigenvalue weighted by Gasteiger charge is 2.26. The fourth-order valence-corrected chi connectivity index (χ4v) is 4.48. The van der Waals surface area contributed by atoms with Gasteiger partial charge in [0.1, 0.15) is 5.84 Å². The van der Waals surface area contributed by atoms with Gasteiger partial charge in [-0.2, -0.15) is 5.10 Å². The van der Waals surface area contributed by atoms with E-state index in [1.807, 2.05) is 18.0 Å². The maximum atomic E-state index is 12.4. The van der Waals surface area contributed by atoms with Crippen molar-refractivity contribution in [2.24, 2.45) is 11.0 Å². The molecule has 0 aliphatic carbocycles. The first-order chi connectivity index (χ1) is 11.3. The number of alkyl halides is 1. The van der Waals surface area contributed by atoms with Crippen LogP contribution in [0, 0.1) is 5.92 Å². The maximum absolute atomic E-state index is 12.4. The van der Waals surface area contributed by atoms with Crippen molar-refractivity contribution in [2.45, 2.75) is 24.7 Å². The van der Waals surface area contributed by atoms with Gasteiger partial charge >= 0.3 is 0 Å². The average Bonchev–Trinajstić information content (AvgIpc) is 2.88. The predicted molar refractivity (Wildman–Crippen MR) is 113 cm³/mol. The normalized spacial score (nSPS) is 18.2. The van der Waals surface area contributed by atoms with Gasteiger partial charge in [0.15, 0.2) is 0 Å². The number of nitrogens with one attached hydrogen (secondary N) is 1. The van der Waals surface area contributed by atoms with Crippen LogP contribution in [0.1, 0.15) is 20.8 Å². The van der Waals surface area contributed by atoms with Crippen molar-refractivity contribution < 1.29 is 4.79 Å². The molecule has 0 saturated carbocycles. The summed E-state index contributed by atoms with van der Waals surface area (Å²) in [4.78, 5) is 12.4. The highest BCUT2D eigenvalue weighted by molar-refractivity contribution is 14.2. The van der Waals surface area contributed by atoms with E-state index in [-0.39, 0.29) is 32.6 Å². The summed E-state index contributed by atoms with van der Waals surface area (Å²) in [5.74, 6) is 0.693. The second kappa shape index (κ2) is 8.45. The molecule has 1 amide bonds. The molecule has 2 rings (SSSR count). The van der Waals surface area contributed by atoms with Gasteiger partial charge in [-0.1, -0.05) is 56.6 Å². The van der Waals surface area contributed by atoms with E-state index < -0.39 is 0 Å². The van der Waals surface area contributed by atoms with Crippen LogP contribution < -0.4 is 10.3 Å². The van der Waals surface area contributed by atoms with Gasteiger partial charge in [-0.05, 0) is 18.2 Å². The molecule has 1 aromatic rings. The minimum absolute atomic E-state index is 0.0897. The molecule has 0 spiro atoms. The number of hydrogen-bond donors (Lipinski definition) is 1. The van der Waals surface area contributed by atoms with E-state index in [0.717, 1.165) is 9.20 Å². The van der Waals surface area contributed by atoms with Crippen LogP contribution in [0.4, 0.5) is 5.69 Å². The zero-order valence-corrected chi connectivity index (χ0v) is 17.5. The topological polar surface area (TPSA) is 44.7 Å². The summed E-state index contributed by atoms with van der Waals surface area (Å²) in [6.45, 7) is 10.7. The van der Waals surface area contributed by atoms with Crippen LogP contribution in [0.15, 0.2) is 36.0 Å². The Morgan fingerprint density at radius 1 is 1.46 bits per heavy atom. The number of halogens is 3. The monoisotopic (exact) mass is 479 g/mol. The number of amidine groups is 1. The van der Waals surface area contributed by atoms with Gasteiger partial charge in [-0.15, -0.1) is 20.7 Å². The third-order valence-electron chi connectivity index (χ3n) is 3.32. The lowest BCUT2D eigenvalue weighted by Crippen LogP contribution is -2.37. The fraction of sp³-hybridized carbons (Fsp3) is 0.353. The number of anilines is 1. The number of carbonyl (C=O) groups excluding carboxylic acids is 1. The quantitative estimate of drug-likeness (QED) is 0.506. The summed E-state index contributed by atoms with van der Waals surface area (Å²) in [6.07, 6.45) is 1.67. The molecule has 1 aliphatic heterocycles. The van der Waals surface area contributed by atoms with Gasteiger partial charge in [0.05, 0.1) is 25.8 Å². The second-order valence-corrected chi connectivity index (χ2v) is 10.8. The van der Waals surface area contributed by atoms with Crippen molar-refractivity contribution >= 4 is 64.9 Å². The van der Waals surface area contributed by atoms with Gasteiger partial charge in [0, 0.05) is 9.84 Å². The molecule has 0 unspecified atom stereocenters. The molecule has 0 saturated heterocycles. The molecule has 0 aromatic heterocycles.